The molecule has 3 heterocycles. The van der Waals surface area contributed by atoms with Gasteiger partial charge in [0.25, 0.3) is 0 Å². The molecule has 2 aromatic carbocycles. The van der Waals surface area contributed by atoms with Crippen molar-refractivity contribution in [3.05, 3.63) is 66.7 Å². The zero-order valence-electron chi connectivity index (χ0n) is 26.0. The van der Waals surface area contributed by atoms with Crippen LogP contribution in [0.1, 0.15) is 45.4 Å². The summed E-state index contributed by atoms with van der Waals surface area (Å²) in [5, 5.41) is 6.34. The van der Waals surface area contributed by atoms with E-state index in [2.05, 4.69) is 10.6 Å². The van der Waals surface area contributed by atoms with Gasteiger partial charge in [-0.3, -0.25) is 19.2 Å². The van der Waals surface area contributed by atoms with Gasteiger partial charge in [0.05, 0.1) is 24.9 Å². The summed E-state index contributed by atoms with van der Waals surface area (Å²) >= 11 is 0. The maximum Gasteiger partial charge on any atom is 0.245 e. The Bertz CT molecular complexity index is 1700. The van der Waals surface area contributed by atoms with Crippen LogP contribution in [0.5, 0.6) is 11.5 Å². The smallest absolute Gasteiger partial charge is 0.245 e. The van der Waals surface area contributed by atoms with Gasteiger partial charge in [0, 0.05) is 35.4 Å². The van der Waals surface area contributed by atoms with Gasteiger partial charge in [-0.15, -0.1) is 0 Å². The third-order valence-corrected chi connectivity index (χ3v) is 9.28. The van der Waals surface area contributed by atoms with Gasteiger partial charge in [-0.2, -0.15) is 0 Å². The van der Waals surface area contributed by atoms with Crippen molar-refractivity contribution < 1.29 is 28.7 Å². The number of allylic oxidation sites excluding steroid dienone is 1. The van der Waals surface area contributed by atoms with E-state index >= 15 is 0 Å². The Balaban J connectivity index is 1.35. The van der Waals surface area contributed by atoms with Crippen molar-refractivity contribution in [1.29, 1.82) is 0 Å². The first-order valence-corrected chi connectivity index (χ1v) is 15.8. The average Bonchev–Trinajstić information content (AvgIpc) is 3.58. The number of carbonyl (C=O) groups is 4. The lowest BCUT2D eigenvalue weighted by Gasteiger charge is -2.29. The molecule has 11 heteroatoms. The minimum absolute atomic E-state index is 0.0876. The van der Waals surface area contributed by atoms with Crippen LogP contribution in [0.25, 0.3) is 22.2 Å². The van der Waals surface area contributed by atoms with Crippen LogP contribution in [0.4, 0.5) is 4.79 Å². The summed E-state index contributed by atoms with van der Waals surface area (Å²) in [4.78, 5) is 59.0. The summed E-state index contributed by atoms with van der Waals surface area (Å²) in [6.07, 6.45) is 6.78. The van der Waals surface area contributed by atoms with Crippen LogP contribution in [-0.4, -0.2) is 78.5 Å². The number of nitrogens with zero attached hydrogens (tertiary/aromatic N) is 2. The minimum Gasteiger partial charge on any atom is -0.497 e. The van der Waals surface area contributed by atoms with Crippen molar-refractivity contribution in [1.82, 2.24) is 20.5 Å². The van der Waals surface area contributed by atoms with Crippen LogP contribution in [0.3, 0.4) is 0 Å². The van der Waals surface area contributed by atoms with E-state index in [9.17, 15) is 19.2 Å². The van der Waals surface area contributed by atoms with E-state index in [0.29, 0.717) is 42.0 Å². The fourth-order valence-electron chi connectivity index (χ4n) is 6.67. The van der Waals surface area contributed by atoms with Crippen LogP contribution in [0.2, 0.25) is 0 Å². The zero-order valence-corrected chi connectivity index (χ0v) is 26.0. The van der Waals surface area contributed by atoms with Crippen molar-refractivity contribution in [2.75, 3.05) is 13.7 Å². The molecular formula is C35H37BN4O6. The topological polar surface area (TPSA) is 127 Å². The molecule has 3 amide bonds. The number of benzene rings is 2. The molecule has 2 radical (unpaired) electrons. The second-order valence-electron chi connectivity index (χ2n) is 12.3. The number of pyridine rings is 1. The molecule has 1 saturated heterocycles. The molecule has 1 saturated carbocycles. The van der Waals surface area contributed by atoms with E-state index in [4.69, 9.17) is 22.3 Å². The third kappa shape index (κ3) is 6.36. The molecule has 2 fully saturated rings. The number of amides is 3. The molecule has 3 aromatic rings. The standard InChI is InChI=1S/C35H37BN4O6/c1-21(41)35-19-23(35)12-8-3-4-9-13-27(38-34(36)44)33(43)40-20-25(17-30(40)32(42)39-35)46-31-18-28(22-10-6-5-7-11-22)37-29-16-24(45-2)14-15-26(29)31/h5-8,10-12,14-16,18,23,25,27,30H,3-4,9,13,17,19-20H2,1-2H3,(H,38,44)(H,39,42)/b12-8-/t23?,25-,27+,30+,35+/m1/s1. The highest BCUT2D eigenvalue weighted by Gasteiger charge is 2.59. The summed E-state index contributed by atoms with van der Waals surface area (Å²) in [6, 6.07) is 15.3. The molecule has 1 aliphatic carbocycles. The summed E-state index contributed by atoms with van der Waals surface area (Å²) in [7, 11) is 7.06. The fourth-order valence-corrected chi connectivity index (χ4v) is 6.67. The predicted octanol–water partition coefficient (Wildman–Crippen LogP) is 4.10. The number of Topliss-reactive ketones (excluding diaryl/α,β-unsaturated/α-hetero) is 1. The maximum absolute atomic E-state index is 14.0. The Kier molecular flexibility index (Phi) is 8.84. The second kappa shape index (κ2) is 13.0. The highest BCUT2D eigenvalue weighted by atomic mass is 16.5. The van der Waals surface area contributed by atoms with Gasteiger partial charge in [0.1, 0.15) is 35.2 Å². The number of fused-ring (bicyclic) bond motifs is 3. The Hall–Kier alpha value is -4.67. The Labute approximate surface area is 269 Å². The lowest BCUT2D eigenvalue weighted by Crippen LogP contribution is -2.56. The lowest BCUT2D eigenvalue weighted by molar-refractivity contribution is -0.141. The molecule has 0 bridgehead atoms. The summed E-state index contributed by atoms with van der Waals surface area (Å²) < 4.78 is 12.1. The van der Waals surface area contributed by atoms with Gasteiger partial charge in [-0.1, -0.05) is 48.9 Å². The fraction of sp³-hybridized carbons (Fsp3) is 0.400. The number of ketones is 1. The van der Waals surface area contributed by atoms with Crippen LogP contribution in [0, 0.1) is 5.92 Å². The molecule has 46 heavy (non-hydrogen) atoms. The number of rotatable bonds is 6. The van der Waals surface area contributed by atoms with E-state index < -0.39 is 41.3 Å². The molecule has 1 unspecified atom stereocenters. The molecule has 3 aliphatic rings. The third-order valence-electron chi connectivity index (χ3n) is 9.28. The molecule has 0 spiro atoms. The second-order valence-corrected chi connectivity index (χ2v) is 12.3. The van der Waals surface area contributed by atoms with E-state index in [0.717, 1.165) is 23.8 Å². The largest absolute Gasteiger partial charge is 0.497 e. The van der Waals surface area contributed by atoms with E-state index in [1.165, 1.54) is 11.8 Å². The molecule has 2 N–H and O–H groups in total. The van der Waals surface area contributed by atoms with Crippen LogP contribution >= 0.6 is 0 Å². The number of aromatic nitrogens is 1. The van der Waals surface area contributed by atoms with E-state index in [1.54, 1.807) is 7.11 Å². The first-order chi connectivity index (χ1) is 22.2. The summed E-state index contributed by atoms with van der Waals surface area (Å²) in [5.41, 5.74) is 1.28. The van der Waals surface area contributed by atoms with Crippen molar-refractivity contribution in [2.24, 2.45) is 5.92 Å². The number of hydrogen-bond donors (Lipinski definition) is 2. The first-order valence-electron chi connectivity index (χ1n) is 15.8. The Morgan fingerprint density at radius 2 is 1.91 bits per heavy atom. The highest BCUT2D eigenvalue weighted by Crippen LogP contribution is 2.46. The van der Waals surface area contributed by atoms with Gasteiger partial charge in [0.2, 0.25) is 19.7 Å². The molecule has 236 valence electrons. The van der Waals surface area contributed by atoms with Gasteiger partial charge in [-0.05, 0) is 44.7 Å². The zero-order chi connectivity index (χ0) is 32.4. The van der Waals surface area contributed by atoms with E-state index in [1.807, 2.05) is 66.7 Å². The molecule has 1 aromatic heterocycles. The Morgan fingerprint density at radius 3 is 2.65 bits per heavy atom. The molecule has 6 rings (SSSR count). The maximum atomic E-state index is 14.0. The van der Waals surface area contributed by atoms with Gasteiger partial charge in [0.15, 0.2) is 11.6 Å². The summed E-state index contributed by atoms with van der Waals surface area (Å²) in [6.45, 7) is 1.59. The minimum atomic E-state index is -0.985. The van der Waals surface area contributed by atoms with E-state index in [-0.39, 0.29) is 24.7 Å². The van der Waals surface area contributed by atoms with Gasteiger partial charge >= 0.3 is 0 Å². The van der Waals surface area contributed by atoms with Crippen molar-refractivity contribution in [3.8, 4) is 22.8 Å². The monoisotopic (exact) mass is 620 g/mol. The SMILES string of the molecule is [B]C(=O)N[C@H]1CCCC/C=C\C2C[C@@]2(C(C)=O)NC(=O)[C@@H]2C[C@@H](Oc3cc(-c4ccccc4)nc4cc(OC)ccc34)CN2C1=O. The highest BCUT2D eigenvalue weighted by molar-refractivity contribution is 6.57. The molecule has 10 nitrogen and oxygen atoms in total. The number of hydrogen-bond acceptors (Lipinski definition) is 7. The average molecular weight is 621 g/mol. The van der Waals surface area contributed by atoms with Crippen molar-refractivity contribution in [3.63, 3.8) is 0 Å². The van der Waals surface area contributed by atoms with Crippen LogP contribution in [0.15, 0.2) is 66.7 Å². The van der Waals surface area contributed by atoms with Crippen molar-refractivity contribution >= 4 is 42.2 Å². The molecule has 5 atom stereocenters. The lowest BCUT2D eigenvalue weighted by atomic mass is 10.0. The van der Waals surface area contributed by atoms with Gasteiger partial charge in [-0.25, -0.2) is 4.98 Å². The van der Waals surface area contributed by atoms with Crippen LogP contribution in [-0.2, 0) is 14.4 Å². The predicted molar refractivity (Wildman–Crippen MR) is 174 cm³/mol. The molecule has 2 aliphatic heterocycles. The van der Waals surface area contributed by atoms with Gasteiger partial charge < -0.3 is 25.0 Å². The number of nitrogens with one attached hydrogen (secondary N) is 2. The number of ether oxygens (including phenoxy) is 2. The number of carbonyl (C=O) groups excluding carboxylic acids is 4. The number of methoxy groups -OCH3 is 1. The first kappa shape index (κ1) is 31.3. The summed E-state index contributed by atoms with van der Waals surface area (Å²) in [5.74, 6) is -0.644. The Morgan fingerprint density at radius 1 is 1.11 bits per heavy atom. The normalized spacial score (nSPS) is 27.0. The van der Waals surface area contributed by atoms with Crippen LogP contribution < -0.4 is 20.1 Å². The van der Waals surface area contributed by atoms with Crippen molar-refractivity contribution in [2.45, 2.75) is 69.2 Å². The quantitative estimate of drug-likeness (QED) is 0.314. The molecular weight excluding hydrogens is 583 g/mol.